The number of hydrogen-bond acceptors (Lipinski definition) is 4. The van der Waals surface area contributed by atoms with Crippen LogP contribution in [0.15, 0.2) is 33.3 Å². The molecule has 3 heterocycles. The average Bonchev–Trinajstić information content (AvgIpc) is 3.10. The van der Waals surface area contributed by atoms with Crippen LogP contribution in [0.5, 0.6) is 0 Å². The molecule has 1 atom stereocenters. The van der Waals surface area contributed by atoms with Crippen molar-refractivity contribution in [3.05, 3.63) is 43.2 Å². The van der Waals surface area contributed by atoms with Gasteiger partial charge in [-0.15, -0.1) is 23.1 Å². The number of halogens is 1. The molecule has 1 aromatic rings. The molecule has 0 spiro atoms. The van der Waals surface area contributed by atoms with Crippen molar-refractivity contribution in [1.82, 2.24) is 5.32 Å². The first-order valence-corrected chi connectivity index (χ1v) is 9.86. The van der Waals surface area contributed by atoms with Crippen molar-refractivity contribution in [3.63, 3.8) is 0 Å². The van der Waals surface area contributed by atoms with Crippen LogP contribution in [0.4, 0.5) is 0 Å². The number of Topliss-reactive ketones (excluding diaryl/α,β-unsaturated/α-hetero) is 1. The van der Waals surface area contributed by atoms with Gasteiger partial charge in [-0.05, 0) is 36.3 Å². The third-order valence-electron chi connectivity index (χ3n) is 4.87. The van der Waals surface area contributed by atoms with E-state index < -0.39 is 0 Å². The fraction of sp³-hybridized carbons (Fsp3) is 0.471. The standard InChI is InChI=1S/C17H18ClNOS2/c1-17(2)5-3-10-14(16(17)20)13(9-7-12(18)22-8-9)15-11(19-10)4-6-21-15/h7-8,13,19H,3-6H2,1-2H3. The Bertz CT molecular complexity index is 729. The lowest BCUT2D eigenvalue weighted by Gasteiger charge is -2.38. The van der Waals surface area contributed by atoms with Gasteiger partial charge in [0.25, 0.3) is 0 Å². The molecule has 1 aliphatic carbocycles. The monoisotopic (exact) mass is 351 g/mol. The van der Waals surface area contributed by atoms with E-state index in [1.807, 2.05) is 17.8 Å². The maximum absolute atomic E-state index is 13.1. The van der Waals surface area contributed by atoms with Crippen LogP contribution in [0.1, 0.15) is 44.6 Å². The molecule has 1 N–H and O–H groups in total. The fourth-order valence-corrected chi connectivity index (χ4v) is 5.77. The highest BCUT2D eigenvalue weighted by atomic mass is 35.5. The minimum Gasteiger partial charge on any atom is -0.361 e. The highest BCUT2D eigenvalue weighted by Crippen LogP contribution is 2.53. The summed E-state index contributed by atoms with van der Waals surface area (Å²) in [6, 6.07) is 2.03. The first-order valence-electron chi connectivity index (χ1n) is 7.62. The van der Waals surface area contributed by atoms with E-state index in [1.54, 1.807) is 11.3 Å². The summed E-state index contributed by atoms with van der Waals surface area (Å²) < 4.78 is 0.795. The number of thiophene rings is 1. The summed E-state index contributed by atoms with van der Waals surface area (Å²) in [4.78, 5) is 14.4. The number of dihydropyridines is 1. The van der Waals surface area contributed by atoms with Crippen molar-refractivity contribution in [1.29, 1.82) is 0 Å². The van der Waals surface area contributed by atoms with Crippen LogP contribution in [-0.2, 0) is 4.79 Å². The van der Waals surface area contributed by atoms with Gasteiger partial charge < -0.3 is 5.32 Å². The first kappa shape index (κ1) is 14.9. The summed E-state index contributed by atoms with van der Waals surface area (Å²) in [6.45, 7) is 4.14. The smallest absolute Gasteiger partial charge is 0.167 e. The number of rotatable bonds is 1. The van der Waals surface area contributed by atoms with Crippen LogP contribution in [0.25, 0.3) is 0 Å². The summed E-state index contributed by atoms with van der Waals surface area (Å²) >= 11 is 9.61. The SMILES string of the molecule is CC1(C)CCC2=C(C1=O)C(c1csc(Cl)c1)C1=C(CCS1)N2. The van der Waals surface area contributed by atoms with Crippen molar-refractivity contribution >= 4 is 40.5 Å². The normalized spacial score (nSPS) is 26.9. The number of carbonyl (C=O) groups excluding carboxylic acids is 1. The second-order valence-electron chi connectivity index (χ2n) is 6.79. The van der Waals surface area contributed by atoms with Crippen LogP contribution in [0.3, 0.4) is 0 Å². The van der Waals surface area contributed by atoms with Gasteiger partial charge in [0.1, 0.15) is 0 Å². The minimum atomic E-state index is -0.264. The summed E-state index contributed by atoms with van der Waals surface area (Å²) in [6.07, 6.45) is 2.96. The van der Waals surface area contributed by atoms with Gasteiger partial charge >= 0.3 is 0 Å². The molecule has 5 heteroatoms. The average molecular weight is 352 g/mol. The Labute approximate surface area is 144 Å². The molecule has 0 saturated carbocycles. The van der Waals surface area contributed by atoms with E-state index in [4.69, 9.17) is 11.6 Å². The molecule has 22 heavy (non-hydrogen) atoms. The molecule has 0 fully saturated rings. The van der Waals surface area contributed by atoms with E-state index in [2.05, 4.69) is 24.5 Å². The molecule has 1 aromatic heterocycles. The van der Waals surface area contributed by atoms with E-state index in [0.29, 0.717) is 5.78 Å². The molecule has 0 bridgehead atoms. The van der Waals surface area contributed by atoms with Gasteiger partial charge in [0.05, 0.1) is 4.34 Å². The molecule has 4 rings (SSSR count). The Hall–Kier alpha value is -0.710. The quantitative estimate of drug-likeness (QED) is 0.765. The van der Waals surface area contributed by atoms with Gasteiger partial charge in [-0.25, -0.2) is 0 Å². The molecule has 0 radical (unpaired) electrons. The van der Waals surface area contributed by atoms with E-state index in [1.165, 1.54) is 16.2 Å². The topological polar surface area (TPSA) is 29.1 Å². The van der Waals surface area contributed by atoms with Crippen molar-refractivity contribution in [2.24, 2.45) is 5.41 Å². The summed E-state index contributed by atoms with van der Waals surface area (Å²) in [5, 5.41) is 5.69. The highest BCUT2D eigenvalue weighted by molar-refractivity contribution is 8.03. The molecule has 2 aliphatic heterocycles. The zero-order valence-corrected chi connectivity index (χ0v) is 15.1. The Morgan fingerprint density at radius 3 is 2.86 bits per heavy atom. The van der Waals surface area contributed by atoms with Gasteiger partial charge in [0.15, 0.2) is 5.78 Å². The molecule has 116 valence electrons. The van der Waals surface area contributed by atoms with E-state index in [-0.39, 0.29) is 11.3 Å². The number of ketones is 1. The third-order valence-corrected chi connectivity index (χ3v) is 7.18. The molecule has 0 saturated heterocycles. The third kappa shape index (κ3) is 2.19. The van der Waals surface area contributed by atoms with Crippen LogP contribution >= 0.6 is 34.7 Å². The Morgan fingerprint density at radius 2 is 2.14 bits per heavy atom. The fourth-order valence-electron chi connectivity index (χ4n) is 3.58. The lowest BCUT2D eigenvalue weighted by atomic mass is 9.69. The van der Waals surface area contributed by atoms with Crippen molar-refractivity contribution in [2.45, 2.75) is 39.0 Å². The van der Waals surface area contributed by atoms with E-state index in [9.17, 15) is 4.79 Å². The van der Waals surface area contributed by atoms with Crippen molar-refractivity contribution < 1.29 is 4.79 Å². The predicted octanol–water partition coefficient (Wildman–Crippen LogP) is 5.08. The van der Waals surface area contributed by atoms with Crippen molar-refractivity contribution in [3.8, 4) is 0 Å². The molecule has 1 unspecified atom stereocenters. The number of allylic oxidation sites excluding steroid dienone is 4. The lowest BCUT2D eigenvalue weighted by Crippen LogP contribution is -2.38. The molecule has 2 nitrogen and oxygen atoms in total. The Kier molecular flexibility index (Phi) is 3.48. The van der Waals surface area contributed by atoms with Gasteiger partial charge in [0, 0.05) is 39.0 Å². The lowest BCUT2D eigenvalue weighted by molar-refractivity contribution is -0.124. The summed E-state index contributed by atoms with van der Waals surface area (Å²) in [7, 11) is 0. The zero-order chi connectivity index (χ0) is 15.5. The first-order chi connectivity index (χ1) is 10.5. The maximum Gasteiger partial charge on any atom is 0.167 e. The molecular weight excluding hydrogens is 334 g/mol. The van der Waals surface area contributed by atoms with Crippen LogP contribution in [-0.4, -0.2) is 11.5 Å². The predicted molar refractivity (Wildman–Crippen MR) is 94.4 cm³/mol. The van der Waals surface area contributed by atoms with E-state index >= 15 is 0 Å². The van der Waals surface area contributed by atoms with Gasteiger partial charge in [-0.2, -0.15) is 0 Å². The van der Waals surface area contributed by atoms with Crippen LogP contribution in [0.2, 0.25) is 4.34 Å². The minimum absolute atomic E-state index is 0.0922. The molecule has 0 aromatic carbocycles. The van der Waals surface area contributed by atoms with Gasteiger partial charge in [-0.1, -0.05) is 25.4 Å². The Morgan fingerprint density at radius 1 is 1.32 bits per heavy atom. The van der Waals surface area contributed by atoms with Gasteiger partial charge in [-0.3, -0.25) is 4.79 Å². The molecule has 0 amide bonds. The molecule has 3 aliphatic rings. The van der Waals surface area contributed by atoms with Crippen LogP contribution < -0.4 is 5.32 Å². The number of carbonyl (C=O) groups is 1. The number of hydrogen-bond donors (Lipinski definition) is 1. The number of nitrogens with one attached hydrogen (secondary N) is 1. The second kappa shape index (κ2) is 5.15. The summed E-state index contributed by atoms with van der Waals surface area (Å²) in [5.74, 6) is 1.49. The Balaban J connectivity index is 1.87. The van der Waals surface area contributed by atoms with Crippen molar-refractivity contribution in [2.75, 3.05) is 5.75 Å². The number of thioether (sulfide) groups is 1. The molecular formula is C17H18ClNOS2. The van der Waals surface area contributed by atoms with E-state index in [0.717, 1.165) is 40.6 Å². The largest absolute Gasteiger partial charge is 0.361 e. The zero-order valence-electron chi connectivity index (χ0n) is 12.7. The highest BCUT2D eigenvalue weighted by Gasteiger charge is 2.44. The van der Waals surface area contributed by atoms with Crippen LogP contribution in [0, 0.1) is 5.41 Å². The maximum atomic E-state index is 13.1. The second-order valence-corrected chi connectivity index (χ2v) is 9.47. The summed E-state index contributed by atoms with van der Waals surface area (Å²) in [5.41, 5.74) is 4.37. The van der Waals surface area contributed by atoms with Gasteiger partial charge in [0.2, 0.25) is 0 Å².